The van der Waals surface area contributed by atoms with E-state index in [0.717, 1.165) is 29.3 Å². The Morgan fingerprint density at radius 2 is 1.94 bits per heavy atom. The van der Waals surface area contributed by atoms with Gasteiger partial charge < -0.3 is 5.32 Å². The summed E-state index contributed by atoms with van der Waals surface area (Å²) in [7, 11) is 4.00. The van der Waals surface area contributed by atoms with E-state index in [4.69, 9.17) is 11.6 Å². The molecule has 0 spiro atoms. The van der Waals surface area contributed by atoms with Gasteiger partial charge in [-0.3, -0.25) is 4.68 Å². The van der Waals surface area contributed by atoms with Crippen LogP contribution in [-0.2, 0) is 19.9 Å². The van der Waals surface area contributed by atoms with Crippen molar-refractivity contribution in [2.45, 2.75) is 46.6 Å². The first kappa shape index (κ1) is 15.5. The highest BCUT2D eigenvalue weighted by atomic mass is 35.5. The summed E-state index contributed by atoms with van der Waals surface area (Å²) in [5.41, 5.74) is 2.17. The first-order valence-corrected chi connectivity index (χ1v) is 7.17. The maximum atomic E-state index is 6.42. The number of rotatable bonds is 6. The average molecular weight is 272 g/mol. The van der Waals surface area contributed by atoms with Crippen LogP contribution in [0.25, 0.3) is 0 Å². The second kappa shape index (κ2) is 6.58. The Morgan fingerprint density at radius 1 is 1.33 bits per heavy atom. The van der Waals surface area contributed by atoms with Crippen molar-refractivity contribution in [3.63, 3.8) is 0 Å². The Hall–Kier alpha value is -0.540. The van der Waals surface area contributed by atoms with E-state index in [0.29, 0.717) is 17.9 Å². The van der Waals surface area contributed by atoms with Crippen molar-refractivity contribution in [2.24, 2.45) is 18.9 Å². The van der Waals surface area contributed by atoms with E-state index in [9.17, 15) is 0 Å². The highest BCUT2D eigenvalue weighted by Crippen LogP contribution is 2.27. The molecule has 0 aromatic carbocycles. The van der Waals surface area contributed by atoms with Gasteiger partial charge in [0, 0.05) is 13.1 Å². The van der Waals surface area contributed by atoms with E-state index in [-0.39, 0.29) is 0 Å². The van der Waals surface area contributed by atoms with Gasteiger partial charge in [0.15, 0.2) is 0 Å². The lowest BCUT2D eigenvalue weighted by atomic mass is 9.85. The van der Waals surface area contributed by atoms with E-state index in [2.05, 4.69) is 38.1 Å². The van der Waals surface area contributed by atoms with Gasteiger partial charge in [-0.05, 0) is 38.6 Å². The number of hydrogen-bond donors (Lipinski definition) is 1. The molecule has 1 aromatic rings. The standard InChI is InChI=1S/C14H26ClN3/c1-7-12-14(15)13(18(6)17-12)8-11(9(2)3)10(4)16-5/h9-11,16H,7-8H2,1-6H3. The van der Waals surface area contributed by atoms with Crippen LogP contribution in [0.3, 0.4) is 0 Å². The third-order valence-electron chi connectivity index (χ3n) is 3.89. The highest BCUT2D eigenvalue weighted by Gasteiger charge is 2.24. The molecule has 0 bridgehead atoms. The molecule has 4 heteroatoms. The van der Waals surface area contributed by atoms with Gasteiger partial charge in [0.1, 0.15) is 0 Å². The first-order chi connectivity index (χ1) is 8.42. The lowest BCUT2D eigenvalue weighted by Crippen LogP contribution is -2.35. The monoisotopic (exact) mass is 271 g/mol. The predicted molar refractivity (Wildman–Crippen MR) is 78.1 cm³/mol. The maximum absolute atomic E-state index is 6.42. The number of aryl methyl sites for hydroxylation is 2. The molecule has 0 saturated carbocycles. The number of nitrogens with zero attached hydrogens (tertiary/aromatic N) is 2. The van der Waals surface area contributed by atoms with Gasteiger partial charge in [-0.2, -0.15) is 5.10 Å². The Kier molecular flexibility index (Phi) is 5.67. The van der Waals surface area contributed by atoms with Gasteiger partial charge in [0.05, 0.1) is 16.4 Å². The summed E-state index contributed by atoms with van der Waals surface area (Å²) in [5.74, 6) is 1.18. The molecule has 3 nitrogen and oxygen atoms in total. The second-order valence-corrected chi connectivity index (χ2v) is 5.75. The fourth-order valence-corrected chi connectivity index (χ4v) is 2.84. The normalized spacial score (nSPS) is 15.1. The molecule has 1 aromatic heterocycles. The minimum absolute atomic E-state index is 0.473. The molecule has 1 rings (SSSR count). The summed E-state index contributed by atoms with van der Waals surface area (Å²) in [6, 6.07) is 0.473. The van der Waals surface area contributed by atoms with Crippen molar-refractivity contribution in [3.8, 4) is 0 Å². The summed E-state index contributed by atoms with van der Waals surface area (Å²) in [6.45, 7) is 8.86. The minimum atomic E-state index is 0.473. The fourth-order valence-electron chi connectivity index (χ4n) is 2.47. The lowest BCUT2D eigenvalue weighted by Gasteiger charge is -2.27. The molecule has 0 amide bonds. The van der Waals surface area contributed by atoms with Crippen LogP contribution in [-0.4, -0.2) is 22.9 Å². The van der Waals surface area contributed by atoms with Crippen LogP contribution in [0.4, 0.5) is 0 Å². The molecule has 0 radical (unpaired) electrons. The molecule has 0 aliphatic heterocycles. The maximum Gasteiger partial charge on any atom is 0.0849 e. The molecule has 0 aliphatic rings. The molecule has 0 fully saturated rings. The lowest BCUT2D eigenvalue weighted by molar-refractivity contribution is 0.295. The van der Waals surface area contributed by atoms with Crippen LogP contribution in [0.2, 0.25) is 5.02 Å². The summed E-state index contributed by atoms with van der Waals surface area (Å²) in [4.78, 5) is 0. The summed E-state index contributed by atoms with van der Waals surface area (Å²) in [6.07, 6.45) is 1.86. The van der Waals surface area contributed by atoms with Crippen molar-refractivity contribution in [1.82, 2.24) is 15.1 Å². The van der Waals surface area contributed by atoms with Gasteiger partial charge in [-0.1, -0.05) is 32.4 Å². The third kappa shape index (κ3) is 3.27. The summed E-state index contributed by atoms with van der Waals surface area (Å²) in [5, 5.41) is 8.70. The van der Waals surface area contributed by atoms with E-state index >= 15 is 0 Å². The van der Waals surface area contributed by atoms with Crippen molar-refractivity contribution in [1.29, 1.82) is 0 Å². The quantitative estimate of drug-likeness (QED) is 0.862. The Bertz CT molecular complexity index is 385. The first-order valence-electron chi connectivity index (χ1n) is 6.79. The summed E-state index contributed by atoms with van der Waals surface area (Å²) >= 11 is 6.42. The van der Waals surface area contributed by atoms with E-state index in [1.165, 1.54) is 0 Å². The second-order valence-electron chi connectivity index (χ2n) is 5.37. The molecule has 18 heavy (non-hydrogen) atoms. The zero-order valence-corrected chi connectivity index (χ0v) is 13.2. The molecule has 2 atom stereocenters. The average Bonchev–Trinajstić information content (AvgIpc) is 2.60. The van der Waals surface area contributed by atoms with Crippen molar-refractivity contribution in [3.05, 3.63) is 16.4 Å². The molecule has 0 saturated heterocycles. The largest absolute Gasteiger partial charge is 0.317 e. The zero-order chi connectivity index (χ0) is 13.9. The van der Waals surface area contributed by atoms with E-state index in [1.54, 1.807) is 0 Å². The summed E-state index contributed by atoms with van der Waals surface area (Å²) < 4.78 is 1.94. The minimum Gasteiger partial charge on any atom is -0.317 e. The molecule has 1 N–H and O–H groups in total. The number of aromatic nitrogens is 2. The zero-order valence-electron chi connectivity index (χ0n) is 12.4. The molecule has 2 unspecified atom stereocenters. The van der Waals surface area contributed by atoms with Crippen LogP contribution in [0, 0.1) is 11.8 Å². The molecular formula is C14H26ClN3. The van der Waals surface area contributed by atoms with Gasteiger partial charge in [-0.25, -0.2) is 0 Å². The van der Waals surface area contributed by atoms with Gasteiger partial charge >= 0.3 is 0 Å². The Balaban J connectivity index is 2.97. The fraction of sp³-hybridized carbons (Fsp3) is 0.786. The van der Waals surface area contributed by atoms with Crippen LogP contribution in [0.1, 0.15) is 39.1 Å². The molecule has 1 heterocycles. The Labute approximate surface area is 116 Å². The predicted octanol–water partition coefficient (Wildman–Crippen LogP) is 3.06. The van der Waals surface area contributed by atoms with Crippen LogP contribution < -0.4 is 5.32 Å². The van der Waals surface area contributed by atoms with Gasteiger partial charge in [-0.15, -0.1) is 0 Å². The van der Waals surface area contributed by atoms with Crippen molar-refractivity contribution in [2.75, 3.05) is 7.05 Å². The van der Waals surface area contributed by atoms with Crippen molar-refractivity contribution < 1.29 is 0 Å². The smallest absolute Gasteiger partial charge is 0.0849 e. The van der Waals surface area contributed by atoms with Crippen molar-refractivity contribution >= 4 is 11.6 Å². The van der Waals surface area contributed by atoms with E-state index in [1.807, 2.05) is 18.8 Å². The topological polar surface area (TPSA) is 29.9 Å². The number of halogens is 1. The Morgan fingerprint density at radius 3 is 2.33 bits per heavy atom. The van der Waals surface area contributed by atoms with E-state index < -0.39 is 0 Å². The highest BCUT2D eigenvalue weighted by molar-refractivity contribution is 6.31. The van der Waals surface area contributed by atoms with Crippen LogP contribution in [0.15, 0.2) is 0 Å². The van der Waals surface area contributed by atoms with Gasteiger partial charge in [0.2, 0.25) is 0 Å². The van der Waals surface area contributed by atoms with Crippen LogP contribution >= 0.6 is 11.6 Å². The molecular weight excluding hydrogens is 246 g/mol. The van der Waals surface area contributed by atoms with Crippen LogP contribution in [0.5, 0.6) is 0 Å². The molecule has 104 valence electrons. The molecule has 0 aliphatic carbocycles. The number of nitrogens with one attached hydrogen (secondary N) is 1. The van der Waals surface area contributed by atoms with Gasteiger partial charge in [0.25, 0.3) is 0 Å². The third-order valence-corrected chi connectivity index (χ3v) is 4.32. The SMILES string of the molecule is CCc1nn(C)c(CC(C(C)C)C(C)NC)c1Cl. The number of hydrogen-bond acceptors (Lipinski definition) is 2.